The van der Waals surface area contributed by atoms with Crippen molar-refractivity contribution in [1.82, 2.24) is 19.4 Å². The molecule has 206 valence electrons. The lowest BCUT2D eigenvalue weighted by Gasteiger charge is -2.27. The highest BCUT2D eigenvalue weighted by molar-refractivity contribution is 5.94. The van der Waals surface area contributed by atoms with Crippen molar-refractivity contribution in [2.45, 2.75) is 32.0 Å². The molecule has 0 spiro atoms. The van der Waals surface area contributed by atoms with E-state index >= 15 is 0 Å². The molecule has 2 aliphatic rings. The largest absolute Gasteiger partial charge is 0.378 e. The molecule has 3 heterocycles. The molecule has 0 radical (unpaired) electrons. The Hall–Kier alpha value is -3.84. The summed E-state index contributed by atoms with van der Waals surface area (Å²) in [4.78, 5) is 33.7. The molecule has 1 saturated heterocycles. The molecular weight excluding hydrogens is 525 g/mol. The summed E-state index contributed by atoms with van der Waals surface area (Å²) in [7, 11) is 0. The van der Waals surface area contributed by atoms with Crippen LogP contribution in [0.3, 0.4) is 0 Å². The number of halogens is 5. The highest BCUT2D eigenvalue weighted by Gasteiger charge is 2.31. The number of morpholine rings is 1. The van der Waals surface area contributed by atoms with Crippen LogP contribution in [-0.2, 0) is 29.0 Å². The maximum Gasteiger partial charge on any atom is 0.274 e. The molecule has 1 atom stereocenters. The minimum Gasteiger partial charge on any atom is -0.378 e. The highest BCUT2D eigenvalue weighted by Crippen LogP contribution is 2.29. The van der Waals surface area contributed by atoms with Crippen molar-refractivity contribution in [2.24, 2.45) is 5.73 Å². The molecule has 8 nitrogen and oxygen atoms in total. The smallest absolute Gasteiger partial charge is 0.274 e. The molecule has 0 aliphatic carbocycles. The number of imidazole rings is 1. The summed E-state index contributed by atoms with van der Waals surface area (Å²) in [5, 5.41) is 0. The number of hydrogen-bond acceptors (Lipinski definition) is 5. The second-order valence-corrected chi connectivity index (χ2v) is 9.49. The molecule has 2 aromatic carbocycles. The van der Waals surface area contributed by atoms with Crippen LogP contribution in [0.5, 0.6) is 0 Å². The van der Waals surface area contributed by atoms with Crippen LogP contribution in [-0.4, -0.2) is 63.5 Å². The fourth-order valence-electron chi connectivity index (χ4n) is 4.80. The first kappa shape index (κ1) is 26.8. The fourth-order valence-corrected chi connectivity index (χ4v) is 4.80. The number of rotatable bonds is 5. The summed E-state index contributed by atoms with van der Waals surface area (Å²) in [5.74, 6) is -6.71. The van der Waals surface area contributed by atoms with Crippen LogP contribution in [0.4, 0.5) is 22.0 Å². The molecule has 3 aromatic rings. The van der Waals surface area contributed by atoms with Crippen molar-refractivity contribution in [3.8, 4) is 5.69 Å². The van der Waals surface area contributed by atoms with E-state index in [0.29, 0.717) is 44.1 Å². The summed E-state index contributed by atoms with van der Waals surface area (Å²) >= 11 is 0. The first-order valence-corrected chi connectivity index (χ1v) is 12.2. The Bertz CT molecular complexity index is 1440. The maximum absolute atomic E-state index is 14.2. The topological polar surface area (TPSA) is 93.7 Å². The SMILES string of the molecule is N[C@@H](CC(=O)N1Cc2cc(F)c(F)cc2-n2cnc(C(=O)N3CCOCC3)c2C1)Cc1cc(F)c(F)cc1F. The molecule has 0 unspecified atom stereocenters. The van der Waals surface area contributed by atoms with Crippen LogP contribution in [0, 0.1) is 29.1 Å². The second-order valence-electron chi connectivity index (χ2n) is 9.49. The van der Waals surface area contributed by atoms with Crippen molar-refractivity contribution in [3.05, 3.63) is 82.2 Å². The molecule has 0 bridgehead atoms. The third-order valence-corrected chi connectivity index (χ3v) is 6.81. The van der Waals surface area contributed by atoms with Gasteiger partial charge in [-0.1, -0.05) is 0 Å². The normalized spacial score (nSPS) is 15.9. The predicted molar refractivity (Wildman–Crippen MR) is 127 cm³/mol. The average Bonchev–Trinajstić information content (AvgIpc) is 3.25. The Kier molecular flexibility index (Phi) is 7.36. The van der Waals surface area contributed by atoms with E-state index in [9.17, 15) is 31.5 Å². The van der Waals surface area contributed by atoms with Gasteiger partial charge in [0, 0.05) is 44.2 Å². The van der Waals surface area contributed by atoms with E-state index in [4.69, 9.17) is 10.5 Å². The lowest BCUT2D eigenvalue weighted by Crippen LogP contribution is -2.41. The van der Waals surface area contributed by atoms with Crippen LogP contribution in [0.2, 0.25) is 0 Å². The van der Waals surface area contributed by atoms with E-state index in [2.05, 4.69) is 4.98 Å². The number of amides is 2. The first-order valence-electron chi connectivity index (χ1n) is 12.2. The number of carbonyl (C=O) groups is 2. The number of hydrogen-bond donors (Lipinski definition) is 1. The van der Waals surface area contributed by atoms with Crippen LogP contribution >= 0.6 is 0 Å². The van der Waals surface area contributed by atoms with E-state index in [1.165, 1.54) is 15.8 Å². The van der Waals surface area contributed by atoms with E-state index in [-0.39, 0.29) is 48.4 Å². The zero-order valence-corrected chi connectivity index (χ0v) is 20.6. The van der Waals surface area contributed by atoms with Crippen molar-refractivity contribution < 1.29 is 36.3 Å². The Balaban J connectivity index is 1.43. The third kappa shape index (κ3) is 5.36. The lowest BCUT2D eigenvalue weighted by molar-refractivity contribution is -0.132. The number of aromatic nitrogens is 2. The molecule has 2 aliphatic heterocycles. The average molecular weight is 550 g/mol. The standard InChI is InChI=1S/C26H24F5N5O3/c27-17-9-20(30)18(28)6-14(17)5-16(32)8-24(37)35-11-15-7-19(29)21(31)10-22(15)36-13-33-25(23(36)12-35)26(38)34-1-3-39-4-2-34/h6-7,9-10,13,16H,1-5,8,11-12,32H2/t16-/m1/s1. The van der Waals surface area contributed by atoms with Crippen molar-refractivity contribution in [2.75, 3.05) is 26.3 Å². The highest BCUT2D eigenvalue weighted by atomic mass is 19.2. The van der Waals surface area contributed by atoms with Gasteiger partial charge >= 0.3 is 0 Å². The van der Waals surface area contributed by atoms with Gasteiger partial charge in [-0.05, 0) is 29.7 Å². The van der Waals surface area contributed by atoms with Gasteiger partial charge in [-0.15, -0.1) is 0 Å². The van der Waals surface area contributed by atoms with E-state index in [1.807, 2.05) is 0 Å². The van der Waals surface area contributed by atoms with Crippen LogP contribution in [0.1, 0.15) is 33.7 Å². The molecule has 13 heteroatoms. The van der Waals surface area contributed by atoms with Gasteiger partial charge in [0.25, 0.3) is 5.91 Å². The van der Waals surface area contributed by atoms with Gasteiger partial charge in [-0.25, -0.2) is 26.9 Å². The Morgan fingerprint density at radius 2 is 1.56 bits per heavy atom. The Labute approximate surface area is 219 Å². The predicted octanol–water partition coefficient (Wildman–Crippen LogP) is 2.84. The molecule has 1 fully saturated rings. The van der Waals surface area contributed by atoms with Gasteiger partial charge < -0.3 is 24.8 Å². The summed E-state index contributed by atoms with van der Waals surface area (Å²) in [6, 6.07) is 2.08. The number of carbonyl (C=O) groups excluding carboxylic acids is 2. The lowest BCUT2D eigenvalue weighted by atomic mass is 10.0. The number of nitrogens with two attached hydrogens (primary N) is 1. The van der Waals surface area contributed by atoms with Gasteiger partial charge in [0.05, 0.1) is 31.1 Å². The minimum atomic E-state index is -1.34. The van der Waals surface area contributed by atoms with Gasteiger partial charge in [-0.3, -0.25) is 9.59 Å². The Morgan fingerprint density at radius 1 is 0.897 bits per heavy atom. The van der Waals surface area contributed by atoms with Crippen LogP contribution in [0.15, 0.2) is 30.6 Å². The zero-order chi connectivity index (χ0) is 27.8. The zero-order valence-electron chi connectivity index (χ0n) is 20.6. The maximum atomic E-state index is 14.2. The molecule has 2 amide bonds. The monoisotopic (exact) mass is 549 g/mol. The Morgan fingerprint density at radius 3 is 2.31 bits per heavy atom. The number of fused-ring (bicyclic) bond motifs is 3. The van der Waals surface area contributed by atoms with Crippen LogP contribution in [0.25, 0.3) is 5.69 Å². The van der Waals surface area contributed by atoms with E-state index in [1.54, 1.807) is 4.90 Å². The fraction of sp³-hybridized carbons (Fsp3) is 0.346. The van der Waals surface area contributed by atoms with Crippen molar-refractivity contribution >= 4 is 11.8 Å². The van der Waals surface area contributed by atoms with Gasteiger partial charge in [0.2, 0.25) is 5.91 Å². The first-order chi connectivity index (χ1) is 18.6. The van der Waals surface area contributed by atoms with Gasteiger partial charge in [0.1, 0.15) is 12.1 Å². The molecule has 5 rings (SSSR count). The minimum absolute atomic E-state index is 0.0560. The quantitative estimate of drug-likeness (QED) is 0.391. The number of nitrogens with zero attached hydrogens (tertiary/aromatic N) is 4. The van der Waals surface area contributed by atoms with Crippen molar-refractivity contribution in [3.63, 3.8) is 0 Å². The van der Waals surface area contributed by atoms with Crippen LogP contribution < -0.4 is 5.73 Å². The molecule has 1 aromatic heterocycles. The molecular formula is C26H24F5N5O3. The van der Waals surface area contributed by atoms with E-state index < -0.39 is 46.9 Å². The summed E-state index contributed by atoms with van der Waals surface area (Å²) in [5.41, 5.74) is 6.72. The molecule has 2 N–H and O–H groups in total. The molecule has 39 heavy (non-hydrogen) atoms. The summed E-state index contributed by atoms with van der Waals surface area (Å²) in [6.45, 7) is 1.14. The third-order valence-electron chi connectivity index (χ3n) is 6.81. The number of benzene rings is 2. The van der Waals surface area contributed by atoms with Gasteiger partial charge in [0.15, 0.2) is 29.0 Å². The number of ether oxygens (including phenoxy) is 1. The second kappa shape index (κ2) is 10.7. The van der Waals surface area contributed by atoms with Gasteiger partial charge in [-0.2, -0.15) is 0 Å². The van der Waals surface area contributed by atoms with Crippen molar-refractivity contribution in [1.29, 1.82) is 0 Å². The summed E-state index contributed by atoms with van der Waals surface area (Å²) in [6.07, 6.45) is 0.751. The van der Waals surface area contributed by atoms with E-state index in [0.717, 1.165) is 12.1 Å². The molecule has 0 saturated carbocycles. The summed E-state index contributed by atoms with van der Waals surface area (Å²) < 4.78 is 76.1.